The molecule has 1 aromatic carbocycles. The molecule has 0 aliphatic carbocycles. The quantitative estimate of drug-likeness (QED) is 0.930. The van der Waals surface area contributed by atoms with Crippen LogP contribution in [0.1, 0.15) is 43.2 Å². The Bertz CT molecular complexity index is 666. The summed E-state index contributed by atoms with van der Waals surface area (Å²) in [5, 5.41) is 8.24. The van der Waals surface area contributed by atoms with Gasteiger partial charge in [-0.1, -0.05) is 43.2 Å². The average Bonchev–Trinajstić information content (AvgIpc) is 3.13. The minimum atomic E-state index is 0.614. The predicted octanol–water partition coefficient (Wildman–Crippen LogP) is 3.14. The zero-order chi connectivity index (χ0) is 17.1. The van der Waals surface area contributed by atoms with Crippen molar-refractivity contribution in [2.24, 2.45) is 7.05 Å². The Morgan fingerprint density at radius 1 is 1.12 bits per heavy atom. The topological polar surface area (TPSA) is 33.1 Å². The maximum absolute atomic E-state index is 4.38. The molecule has 4 rings (SSSR count). The lowest BCUT2D eigenvalue weighted by molar-refractivity contribution is 0.159. The first-order valence-corrected chi connectivity index (χ1v) is 9.80. The Hall–Kier alpha value is -1.65. The molecule has 0 amide bonds. The largest absolute Gasteiger partial charge is 0.312 e. The predicted molar refractivity (Wildman–Crippen MR) is 101 cm³/mol. The van der Waals surface area contributed by atoms with Crippen LogP contribution in [0.2, 0.25) is 0 Å². The molecule has 2 fully saturated rings. The van der Waals surface area contributed by atoms with Gasteiger partial charge in [0.25, 0.3) is 0 Å². The van der Waals surface area contributed by atoms with Crippen molar-refractivity contribution < 1.29 is 0 Å². The minimum Gasteiger partial charge on any atom is -0.312 e. The monoisotopic (exact) mass is 338 g/mol. The maximum Gasteiger partial charge on any atom is 0.0534 e. The summed E-state index contributed by atoms with van der Waals surface area (Å²) in [6, 6.07) is 12.9. The van der Waals surface area contributed by atoms with Crippen LogP contribution in [0.25, 0.3) is 0 Å². The highest BCUT2D eigenvalue weighted by Crippen LogP contribution is 2.33. The Kier molecular flexibility index (Phi) is 5.18. The highest BCUT2D eigenvalue weighted by atomic mass is 15.3. The van der Waals surface area contributed by atoms with Crippen molar-refractivity contribution in [3.8, 4) is 0 Å². The van der Waals surface area contributed by atoms with E-state index in [9.17, 15) is 0 Å². The number of hydrogen-bond acceptors (Lipinski definition) is 3. The van der Waals surface area contributed by atoms with Crippen LogP contribution in [0, 0.1) is 0 Å². The second kappa shape index (κ2) is 7.71. The molecule has 2 aliphatic heterocycles. The van der Waals surface area contributed by atoms with Gasteiger partial charge in [-0.15, -0.1) is 0 Å². The number of benzene rings is 1. The van der Waals surface area contributed by atoms with Gasteiger partial charge in [-0.3, -0.25) is 9.58 Å². The lowest BCUT2D eigenvalue weighted by Crippen LogP contribution is -2.44. The third-order valence-electron chi connectivity index (χ3n) is 5.91. The number of fused-ring (bicyclic) bond motifs is 1. The highest BCUT2D eigenvalue weighted by molar-refractivity contribution is 5.18. The second-order valence-electron chi connectivity index (χ2n) is 7.75. The summed E-state index contributed by atoms with van der Waals surface area (Å²) in [7, 11) is 2.01. The molecule has 0 saturated carbocycles. The van der Waals surface area contributed by atoms with Gasteiger partial charge in [0, 0.05) is 43.5 Å². The number of aryl methyl sites for hydroxylation is 1. The molecule has 4 heteroatoms. The van der Waals surface area contributed by atoms with Gasteiger partial charge in [-0.2, -0.15) is 5.10 Å². The van der Waals surface area contributed by atoms with E-state index in [-0.39, 0.29) is 0 Å². The number of aromatic nitrogens is 2. The van der Waals surface area contributed by atoms with E-state index >= 15 is 0 Å². The average molecular weight is 338 g/mol. The molecule has 0 radical (unpaired) electrons. The summed E-state index contributed by atoms with van der Waals surface area (Å²) in [5.41, 5.74) is 2.79. The van der Waals surface area contributed by atoms with E-state index in [1.54, 1.807) is 0 Å². The molecule has 0 unspecified atom stereocenters. The van der Waals surface area contributed by atoms with Crippen molar-refractivity contribution in [1.29, 1.82) is 0 Å². The third kappa shape index (κ3) is 3.96. The Balaban J connectivity index is 1.55. The molecule has 1 N–H and O–H groups in total. The van der Waals surface area contributed by atoms with Crippen molar-refractivity contribution in [2.75, 3.05) is 6.54 Å². The van der Waals surface area contributed by atoms with Gasteiger partial charge >= 0.3 is 0 Å². The van der Waals surface area contributed by atoms with Crippen LogP contribution in [-0.2, 0) is 20.0 Å². The van der Waals surface area contributed by atoms with E-state index in [1.165, 1.54) is 49.8 Å². The third-order valence-corrected chi connectivity index (χ3v) is 5.91. The molecule has 0 bridgehead atoms. The molecule has 3 heterocycles. The lowest BCUT2D eigenvalue weighted by atomic mass is 9.98. The molecule has 2 aromatic rings. The van der Waals surface area contributed by atoms with E-state index in [0.29, 0.717) is 18.1 Å². The van der Waals surface area contributed by atoms with Crippen LogP contribution >= 0.6 is 0 Å². The first kappa shape index (κ1) is 16.8. The molecule has 0 spiro atoms. The van der Waals surface area contributed by atoms with Crippen LogP contribution in [-0.4, -0.2) is 39.4 Å². The molecule has 2 aliphatic rings. The van der Waals surface area contributed by atoms with E-state index < -0.39 is 0 Å². The van der Waals surface area contributed by atoms with Gasteiger partial charge in [0.1, 0.15) is 0 Å². The SMILES string of the molecule is Cn1cc(CN2[C@H](Cc3ccccc3)C[C@@H]3NCCCCC[C@H]32)cn1. The first-order valence-electron chi connectivity index (χ1n) is 9.80. The van der Waals surface area contributed by atoms with Gasteiger partial charge in [0.15, 0.2) is 0 Å². The normalized spacial score (nSPS) is 27.6. The fourth-order valence-electron chi connectivity index (χ4n) is 4.71. The van der Waals surface area contributed by atoms with Crippen LogP contribution in [0.4, 0.5) is 0 Å². The number of hydrogen-bond donors (Lipinski definition) is 1. The molecular formula is C21H30N4. The van der Waals surface area contributed by atoms with Gasteiger partial charge in [0.2, 0.25) is 0 Å². The molecule has 25 heavy (non-hydrogen) atoms. The van der Waals surface area contributed by atoms with Crippen LogP contribution in [0.5, 0.6) is 0 Å². The second-order valence-corrected chi connectivity index (χ2v) is 7.75. The van der Waals surface area contributed by atoms with Gasteiger partial charge in [-0.25, -0.2) is 0 Å². The van der Waals surface area contributed by atoms with Crippen LogP contribution < -0.4 is 5.32 Å². The van der Waals surface area contributed by atoms with Gasteiger partial charge < -0.3 is 5.32 Å². The number of likely N-dealkylation sites (tertiary alicyclic amines) is 1. The fourth-order valence-corrected chi connectivity index (χ4v) is 4.71. The molecule has 3 atom stereocenters. The van der Waals surface area contributed by atoms with Crippen molar-refractivity contribution in [2.45, 2.75) is 63.2 Å². The summed E-state index contributed by atoms with van der Waals surface area (Å²) in [4.78, 5) is 2.77. The maximum atomic E-state index is 4.38. The lowest BCUT2D eigenvalue weighted by Gasteiger charge is -2.32. The summed E-state index contributed by atoms with van der Waals surface area (Å²) >= 11 is 0. The summed E-state index contributed by atoms with van der Waals surface area (Å²) in [6.45, 7) is 2.20. The van der Waals surface area contributed by atoms with Crippen molar-refractivity contribution in [3.63, 3.8) is 0 Å². The van der Waals surface area contributed by atoms with Crippen molar-refractivity contribution in [3.05, 3.63) is 53.9 Å². The zero-order valence-electron chi connectivity index (χ0n) is 15.3. The molecule has 1 aromatic heterocycles. The zero-order valence-corrected chi connectivity index (χ0v) is 15.3. The van der Waals surface area contributed by atoms with Crippen LogP contribution in [0.15, 0.2) is 42.7 Å². The van der Waals surface area contributed by atoms with E-state index in [4.69, 9.17) is 0 Å². The smallest absolute Gasteiger partial charge is 0.0534 e. The number of rotatable bonds is 4. The van der Waals surface area contributed by atoms with Gasteiger partial charge in [-0.05, 0) is 37.8 Å². The summed E-state index contributed by atoms with van der Waals surface area (Å²) in [5.74, 6) is 0. The molecular weight excluding hydrogens is 308 g/mol. The molecule has 134 valence electrons. The number of nitrogens with zero attached hydrogens (tertiary/aromatic N) is 3. The fraction of sp³-hybridized carbons (Fsp3) is 0.571. The Labute approximate surface area is 151 Å². The molecule has 4 nitrogen and oxygen atoms in total. The van der Waals surface area contributed by atoms with Crippen molar-refractivity contribution >= 4 is 0 Å². The van der Waals surface area contributed by atoms with E-state index in [1.807, 2.05) is 17.9 Å². The van der Waals surface area contributed by atoms with Crippen LogP contribution in [0.3, 0.4) is 0 Å². The Morgan fingerprint density at radius 3 is 2.80 bits per heavy atom. The minimum absolute atomic E-state index is 0.614. The number of nitrogens with one attached hydrogen (secondary N) is 1. The summed E-state index contributed by atoms with van der Waals surface area (Å²) in [6.07, 6.45) is 12.0. The first-order chi connectivity index (χ1) is 12.3. The summed E-state index contributed by atoms with van der Waals surface area (Å²) < 4.78 is 1.92. The highest BCUT2D eigenvalue weighted by Gasteiger charge is 2.40. The van der Waals surface area contributed by atoms with Crippen molar-refractivity contribution in [1.82, 2.24) is 20.0 Å². The Morgan fingerprint density at radius 2 is 2.00 bits per heavy atom. The van der Waals surface area contributed by atoms with Gasteiger partial charge in [0.05, 0.1) is 6.20 Å². The standard InChI is InChI=1S/C21H30N4/c1-24-15-18(14-23-24)16-25-19(12-17-8-4-2-5-9-17)13-20-21(25)10-6-3-7-11-22-20/h2,4-5,8-9,14-15,19-22H,3,6-7,10-13,16H2,1H3/t19-,20+,21-/m1/s1. The van der Waals surface area contributed by atoms with E-state index in [0.717, 1.165) is 13.0 Å². The molecule has 2 saturated heterocycles. The van der Waals surface area contributed by atoms with E-state index in [2.05, 4.69) is 51.8 Å².